The van der Waals surface area contributed by atoms with E-state index in [2.05, 4.69) is 38.3 Å². The van der Waals surface area contributed by atoms with Gasteiger partial charge in [-0.2, -0.15) is 0 Å². The summed E-state index contributed by atoms with van der Waals surface area (Å²) < 4.78 is 0. The van der Waals surface area contributed by atoms with E-state index >= 15 is 0 Å². The highest BCUT2D eigenvalue weighted by Crippen LogP contribution is 2.29. The van der Waals surface area contributed by atoms with Crippen LogP contribution in [0.3, 0.4) is 0 Å². The highest BCUT2D eigenvalue weighted by atomic mass is 16.2. The Morgan fingerprint density at radius 2 is 1.70 bits per heavy atom. The van der Waals surface area contributed by atoms with Crippen LogP contribution in [0.5, 0.6) is 0 Å². The van der Waals surface area contributed by atoms with Gasteiger partial charge in [0.2, 0.25) is 0 Å². The third-order valence-corrected chi connectivity index (χ3v) is 4.62. The van der Waals surface area contributed by atoms with E-state index in [-0.39, 0.29) is 11.5 Å². The van der Waals surface area contributed by atoms with E-state index in [0.717, 1.165) is 24.8 Å². The fourth-order valence-electron chi connectivity index (χ4n) is 3.19. The molecular weight excluding hydrogens is 288 g/mol. The molecule has 2 rings (SSSR count). The van der Waals surface area contributed by atoms with Crippen molar-refractivity contribution in [3.8, 4) is 0 Å². The molecule has 2 amide bonds. The number of anilines is 1. The smallest absolute Gasteiger partial charge is 0.313 e. The molecule has 0 aromatic heterocycles. The average Bonchev–Trinajstić information content (AvgIpc) is 2.49. The number of hydrogen-bond donors (Lipinski definition) is 2. The standard InChI is InChI=1S/C19H28N2O2/c1-13-9-5-7-11-15(13)20-17(22)18(23)21-16-12-8-6-10-14(16)19(2,3)4/h6,8,10,12-13,15H,5,7,9,11H2,1-4H3,(H,20,22)(H,21,23). The lowest BCUT2D eigenvalue weighted by Crippen LogP contribution is -2.45. The van der Waals surface area contributed by atoms with Crippen molar-refractivity contribution in [2.75, 3.05) is 5.32 Å². The van der Waals surface area contributed by atoms with Crippen LogP contribution in [0, 0.1) is 5.92 Å². The van der Waals surface area contributed by atoms with E-state index in [1.165, 1.54) is 6.42 Å². The number of rotatable bonds is 2. The second-order valence-corrected chi connectivity index (χ2v) is 7.59. The topological polar surface area (TPSA) is 58.2 Å². The lowest BCUT2D eigenvalue weighted by atomic mass is 9.85. The molecule has 2 atom stereocenters. The Hall–Kier alpha value is -1.84. The largest absolute Gasteiger partial charge is 0.345 e. The normalized spacial score (nSPS) is 21.6. The molecule has 23 heavy (non-hydrogen) atoms. The quantitative estimate of drug-likeness (QED) is 0.819. The molecule has 0 aliphatic heterocycles. The Bertz CT molecular complexity index is 575. The number of carbonyl (C=O) groups is 2. The Morgan fingerprint density at radius 1 is 1.04 bits per heavy atom. The Balaban J connectivity index is 2.03. The van der Waals surface area contributed by atoms with Gasteiger partial charge in [-0.1, -0.05) is 58.7 Å². The fraction of sp³-hybridized carbons (Fsp3) is 0.579. The predicted octanol–water partition coefficient (Wildman–Crippen LogP) is 3.62. The van der Waals surface area contributed by atoms with Crippen molar-refractivity contribution in [3.05, 3.63) is 29.8 Å². The van der Waals surface area contributed by atoms with Gasteiger partial charge < -0.3 is 10.6 Å². The summed E-state index contributed by atoms with van der Waals surface area (Å²) in [6.07, 6.45) is 4.39. The lowest BCUT2D eigenvalue weighted by molar-refractivity contribution is -0.137. The molecular formula is C19H28N2O2. The number of carbonyl (C=O) groups excluding carboxylic acids is 2. The van der Waals surface area contributed by atoms with Gasteiger partial charge in [-0.3, -0.25) is 9.59 Å². The molecule has 0 radical (unpaired) electrons. The van der Waals surface area contributed by atoms with Gasteiger partial charge >= 0.3 is 11.8 Å². The summed E-state index contributed by atoms with van der Waals surface area (Å²) in [6, 6.07) is 7.75. The average molecular weight is 316 g/mol. The molecule has 0 bridgehead atoms. The van der Waals surface area contributed by atoms with Crippen molar-refractivity contribution < 1.29 is 9.59 Å². The fourth-order valence-corrected chi connectivity index (χ4v) is 3.19. The molecule has 1 aromatic carbocycles. The number of benzene rings is 1. The number of para-hydroxylation sites is 1. The van der Waals surface area contributed by atoms with E-state index in [4.69, 9.17) is 0 Å². The Morgan fingerprint density at radius 3 is 2.35 bits per heavy atom. The molecule has 126 valence electrons. The highest BCUT2D eigenvalue weighted by molar-refractivity contribution is 6.39. The lowest BCUT2D eigenvalue weighted by Gasteiger charge is -2.29. The molecule has 2 N–H and O–H groups in total. The molecule has 4 heteroatoms. The van der Waals surface area contributed by atoms with Crippen LogP contribution in [0.4, 0.5) is 5.69 Å². The monoisotopic (exact) mass is 316 g/mol. The zero-order valence-corrected chi connectivity index (χ0v) is 14.6. The van der Waals surface area contributed by atoms with E-state index < -0.39 is 11.8 Å². The molecule has 1 aliphatic rings. The Kier molecular flexibility index (Phi) is 5.45. The van der Waals surface area contributed by atoms with Crippen molar-refractivity contribution in [3.63, 3.8) is 0 Å². The van der Waals surface area contributed by atoms with Crippen LogP contribution in [-0.4, -0.2) is 17.9 Å². The summed E-state index contributed by atoms with van der Waals surface area (Å²) in [7, 11) is 0. The van der Waals surface area contributed by atoms with Gasteiger partial charge in [0.05, 0.1) is 0 Å². The number of amides is 2. The summed E-state index contributed by atoms with van der Waals surface area (Å²) in [5.41, 5.74) is 1.63. The molecule has 0 saturated heterocycles. The van der Waals surface area contributed by atoms with Crippen molar-refractivity contribution >= 4 is 17.5 Å². The zero-order chi connectivity index (χ0) is 17.0. The van der Waals surface area contributed by atoms with Gasteiger partial charge in [0, 0.05) is 11.7 Å². The first-order valence-electron chi connectivity index (χ1n) is 8.50. The first-order chi connectivity index (χ1) is 10.8. The summed E-state index contributed by atoms with van der Waals surface area (Å²) in [5.74, 6) is -0.686. The summed E-state index contributed by atoms with van der Waals surface area (Å²) in [4.78, 5) is 24.4. The Labute approximate surface area is 139 Å². The molecule has 0 heterocycles. The number of nitrogens with one attached hydrogen (secondary N) is 2. The number of hydrogen-bond acceptors (Lipinski definition) is 2. The molecule has 4 nitrogen and oxygen atoms in total. The van der Waals surface area contributed by atoms with Crippen molar-refractivity contribution in [1.29, 1.82) is 0 Å². The molecule has 1 fully saturated rings. The first-order valence-corrected chi connectivity index (χ1v) is 8.50. The van der Waals surface area contributed by atoms with E-state index in [1.807, 2.05) is 24.3 Å². The minimum Gasteiger partial charge on any atom is -0.345 e. The SMILES string of the molecule is CC1CCCCC1NC(=O)C(=O)Nc1ccccc1C(C)(C)C. The maximum Gasteiger partial charge on any atom is 0.313 e. The second-order valence-electron chi connectivity index (χ2n) is 7.59. The van der Waals surface area contributed by atoms with Gasteiger partial charge in [-0.25, -0.2) is 0 Å². The van der Waals surface area contributed by atoms with Gasteiger partial charge in [-0.05, 0) is 35.8 Å². The third kappa shape index (κ3) is 4.57. The highest BCUT2D eigenvalue weighted by Gasteiger charge is 2.26. The minimum atomic E-state index is -0.584. The van der Waals surface area contributed by atoms with Crippen molar-refractivity contribution in [1.82, 2.24) is 5.32 Å². The van der Waals surface area contributed by atoms with E-state index in [0.29, 0.717) is 11.6 Å². The second kappa shape index (κ2) is 7.16. The van der Waals surface area contributed by atoms with E-state index in [9.17, 15) is 9.59 Å². The molecule has 1 aromatic rings. The van der Waals surface area contributed by atoms with Gasteiger partial charge in [0.15, 0.2) is 0 Å². The molecule has 1 saturated carbocycles. The zero-order valence-electron chi connectivity index (χ0n) is 14.6. The first kappa shape index (κ1) is 17.5. The van der Waals surface area contributed by atoms with Crippen LogP contribution >= 0.6 is 0 Å². The van der Waals surface area contributed by atoms with Crippen LogP contribution in [-0.2, 0) is 15.0 Å². The van der Waals surface area contributed by atoms with Crippen LogP contribution in [0.15, 0.2) is 24.3 Å². The maximum atomic E-state index is 12.2. The molecule has 1 aliphatic carbocycles. The van der Waals surface area contributed by atoms with Crippen molar-refractivity contribution in [2.45, 2.75) is 64.8 Å². The van der Waals surface area contributed by atoms with Crippen LogP contribution in [0.25, 0.3) is 0 Å². The summed E-state index contributed by atoms with van der Waals surface area (Å²) in [6.45, 7) is 8.39. The van der Waals surface area contributed by atoms with E-state index in [1.54, 1.807) is 0 Å². The van der Waals surface area contributed by atoms with Crippen LogP contribution in [0.1, 0.15) is 58.9 Å². The summed E-state index contributed by atoms with van der Waals surface area (Å²) in [5, 5.41) is 5.67. The molecule has 2 unspecified atom stereocenters. The maximum absolute atomic E-state index is 12.2. The van der Waals surface area contributed by atoms with Gasteiger partial charge in [0.1, 0.15) is 0 Å². The summed E-state index contributed by atoms with van der Waals surface area (Å²) >= 11 is 0. The third-order valence-electron chi connectivity index (χ3n) is 4.62. The van der Waals surface area contributed by atoms with Crippen LogP contribution < -0.4 is 10.6 Å². The van der Waals surface area contributed by atoms with Gasteiger partial charge in [0.25, 0.3) is 0 Å². The predicted molar refractivity (Wildman–Crippen MR) is 93.3 cm³/mol. The van der Waals surface area contributed by atoms with Crippen molar-refractivity contribution in [2.24, 2.45) is 5.92 Å². The van der Waals surface area contributed by atoms with Gasteiger partial charge in [-0.15, -0.1) is 0 Å². The minimum absolute atomic E-state index is 0.0990. The molecule has 0 spiro atoms. The van der Waals surface area contributed by atoms with Crippen LogP contribution in [0.2, 0.25) is 0 Å².